The van der Waals surface area contributed by atoms with Crippen LogP contribution in [-0.2, 0) is 17.8 Å². The number of H-pyrrole nitrogens is 1. The zero-order valence-corrected chi connectivity index (χ0v) is 19.3. The number of rotatable bonds is 3. The van der Waals surface area contributed by atoms with Gasteiger partial charge in [0.15, 0.2) is 5.65 Å². The monoisotopic (exact) mass is 437 g/mol. The van der Waals surface area contributed by atoms with Crippen molar-refractivity contribution < 1.29 is 4.79 Å². The average molecular weight is 438 g/mol. The maximum atomic E-state index is 13.2. The van der Waals surface area contributed by atoms with E-state index >= 15 is 0 Å². The van der Waals surface area contributed by atoms with Gasteiger partial charge in [-0.05, 0) is 51.4 Å². The SMILES string of the molecule is CC(C)N1CCc2nc3cc(C4CCN(C(=O)C5C6CCCCC65)CC4)[nH]n3c(=O)c2C1. The number of likely N-dealkylation sites (tertiary alicyclic amines) is 1. The third-order valence-corrected chi connectivity index (χ3v) is 8.73. The van der Waals surface area contributed by atoms with E-state index in [2.05, 4.69) is 34.8 Å². The largest absolute Gasteiger partial charge is 0.342 e. The van der Waals surface area contributed by atoms with Gasteiger partial charge in [0.25, 0.3) is 5.56 Å². The van der Waals surface area contributed by atoms with Crippen molar-refractivity contribution >= 4 is 11.6 Å². The Kier molecular flexibility index (Phi) is 4.93. The second kappa shape index (κ2) is 7.72. The van der Waals surface area contributed by atoms with Crippen molar-refractivity contribution in [2.75, 3.05) is 19.6 Å². The molecule has 2 atom stereocenters. The van der Waals surface area contributed by atoms with E-state index in [1.54, 1.807) is 4.52 Å². The predicted molar refractivity (Wildman–Crippen MR) is 123 cm³/mol. The molecule has 0 radical (unpaired) electrons. The summed E-state index contributed by atoms with van der Waals surface area (Å²) < 4.78 is 1.64. The number of carbonyl (C=O) groups excluding carboxylic acids is 1. The van der Waals surface area contributed by atoms with Crippen molar-refractivity contribution in [3.05, 3.63) is 33.4 Å². The van der Waals surface area contributed by atoms with Crippen LogP contribution in [0, 0.1) is 17.8 Å². The van der Waals surface area contributed by atoms with Crippen LogP contribution in [0.5, 0.6) is 0 Å². The van der Waals surface area contributed by atoms with Gasteiger partial charge in [-0.1, -0.05) is 12.8 Å². The number of nitrogens with one attached hydrogen (secondary N) is 1. The molecule has 1 N–H and O–H groups in total. The summed E-state index contributed by atoms with van der Waals surface area (Å²) in [6.45, 7) is 7.65. The van der Waals surface area contributed by atoms with Crippen LogP contribution in [0.2, 0.25) is 0 Å². The molecule has 2 saturated carbocycles. The zero-order chi connectivity index (χ0) is 22.0. The van der Waals surface area contributed by atoms with Crippen LogP contribution in [0.4, 0.5) is 0 Å². The lowest BCUT2D eigenvalue weighted by molar-refractivity contribution is -0.134. The number of aromatic nitrogens is 3. The second-order valence-electron chi connectivity index (χ2n) is 10.8. The summed E-state index contributed by atoms with van der Waals surface area (Å²) in [7, 11) is 0. The average Bonchev–Trinajstić information content (AvgIpc) is 3.39. The number of hydrogen-bond acceptors (Lipinski definition) is 4. The van der Waals surface area contributed by atoms with Gasteiger partial charge >= 0.3 is 0 Å². The molecule has 2 aromatic rings. The van der Waals surface area contributed by atoms with Crippen molar-refractivity contribution in [2.45, 2.75) is 77.3 Å². The van der Waals surface area contributed by atoms with Gasteiger partial charge in [-0.2, -0.15) is 0 Å². The van der Waals surface area contributed by atoms with Crippen LogP contribution in [-0.4, -0.2) is 56.0 Å². The van der Waals surface area contributed by atoms with Gasteiger partial charge < -0.3 is 4.90 Å². The van der Waals surface area contributed by atoms with Gasteiger partial charge in [-0.25, -0.2) is 9.50 Å². The molecule has 0 spiro atoms. The highest BCUT2D eigenvalue weighted by molar-refractivity contribution is 5.82. The van der Waals surface area contributed by atoms with Gasteiger partial charge in [0.05, 0.1) is 11.3 Å². The summed E-state index contributed by atoms with van der Waals surface area (Å²) in [5.74, 6) is 2.45. The van der Waals surface area contributed by atoms with Crippen molar-refractivity contribution in [3.8, 4) is 0 Å². The van der Waals surface area contributed by atoms with E-state index in [9.17, 15) is 9.59 Å². The number of hydrogen-bond donors (Lipinski definition) is 1. The highest BCUT2D eigenvalue weighted by Crippen LogP contribution is 2.56. The Hall–Kier alpha value is -2.15. The quantitative estimate of drug-likeness (QED) is 0.801. The summed E-state index contributed by atoms with van der Waals surface area (Å²) in [4.78, 5) is 35.5. The molecule has 1 saturated heterocycles. The van der Waals surface area contributed by atoms with Crippen molar-refractivity contribution in [3.63, 3.8) is 0 Å². The third kappa shape index (κ3) is 3.31. The molecule has 4 heterocycles. The molecule has 6 rings (SSSR count). The Bertz CT molecular complexity index is 1080. The van der Waals surface area contributed by atoms with Crippen LogP contribution >= 0.6 is 0 Å². The standard InChI is InChI=1S/C25H35N5O2/c1-15(2)29-12-9-20-19(14-29)24(31)30-22(26-20)13-21(27-30)16-7-10-28(11-8-16)25(32)23-17-5-3-4-6-18(17)23/h13,15-18,23,27H,3-12,14H2,1-2H3. The molecular formula is C25H35N5O2. The van der Waals surface area contributed by atoms with Gasteiger partial charge in [0.1, 0.15) is 0 Å². The van der Waals surface area contributed by atoms with E-state index in [-0.39, 0.29) is 5.56 Å². The normalized spacial score (nSPS) is 28.7. The molecule has 1 amide bonds. The molecule has 0 bridgehead atoms. The van der Waals surface area contributed by atoms with Crippen LogP contribution < -0.4 is 5.56 Å². The number of carbonyl (C=O) groups is 1. The van der Waals surface area contributed by atoms with Crippen LogP contribution in [0.3, 0.4) is 0 Å². The van der Waals surface area contributed by atoms with Crippen molar-refractivity contribution in [1.29, 1.82) is 0 Å². The Morgan fingerprint density at radius 2 is 1.81 bits per heavy atom. The number of nitrogens with zero attached hydrogens (tertiary/aromatic N) is 4. The molecule has 3 fully saturated rings. The first kappa shape index (κ1) is 20.5. The number of fused-ring (bicyclic) bond motifs is 3. The molecule has 2 unspecified atom stereocenters. The summed E-state index contributed by atoms with van der Waals surface area (Å²) in [5, 5.41) is 3.37. The molecule has 2 aromatic heterocycles. The molecule has 32 heavy (non-hydrogen) atoms. The lowest BCUT2D eigenvalue weighted by atomic mass is 9.93. The maximum Gasteiger partial charge on any atom is 0.277 e. The van der Waals surface area contributed by atoms with E-state index in [0.717, 1.165) is 61.5 Å². The van der Waals surface area contributed by atoms with Crippen molar-refractivity contribution in [1.82, 2.24) is 24.4 Å². The highest BCUT2D eigenvalue weighted by atomic mass is 16.2. The second-order valence-corrected chi connectivity index (χ2v) is 10.8. The predicted octanol–water partition coefficient (Wildman–Crippen LogP) is 2.93. The fourth-order valence-corrected chi connectivity index (χ4v) is 6.65. The Balaban J connectivity index is 1.17. The smallest absolute Gasteiger partial charge is 0.277 e. The molecule has 4 aliphatic rings. The Morgan fingerprint density at radius 1 is 1.09 bits per heavy atom. The molecule has 7 nitrogen and oxygen atoms in total. The minimum absolute atomic E-state index is 0.0468. The van der Waals surface area contributed by atoms with E-state index in [1.165, 1.54) is 25.7 Å². The minimum atomic E-state index is 0.0468. The topological polar surface area (TPSA) is 73.7 Å². The van der Waals surface area contributed by atoms with Crippen LogP contribution in [0.15, 0.2) is 10.9 Å². The van der Waals surface area contributed by atoms with Crippen LogP contribution in [0.25, 0.3) is 5.65 Å². The first-order chi connectivity index (χ1) is 15.5. The highest BCUT2D eigenvalue weighted by Gasteiger charge is 2.55. The molecule has 2 aliphatic carbocycles. The van der Waals surface area contributed by atoms with Gasteiger partial charge in [-0.3, -0.25) is 19.6 Å². The van der Waals surface area contributed by atoms with E-state index < -0.39 is 0 Å². The van der Waals surface area contributed by atoms with Gasteiger partial charge in [0, 0.05) is 62.2 Å². The fourth-order valence-electron chi connectivity index (χ4n) is 6.65. The number of aromatic amines is 1. The lowest BCUT2D eigenvalue weighted by Crippen LogP contribution is -2.40. The van der Waals surface area contributed by atoms with E-state index in [4.69, 9.17) is 4.98 Å². The minimum Gasteiger partial charge on any atom is -0.342 e. The molecular weight excluding hydrogens is 402 g/mol. The summed E-state index contributed by atoms with van der Waals surface area (Å²) in [6, 6.07) is 2.49. The van der Waals surface area contributed by atoms with Gasteiger partial charge in [-0.15, -0.1) is 0 Å². The molecule has 2 aliphatic heterocycles. The van der Waals surface area contributed by atoms with Crippen LogP contribution in [0.1, 0.15) is 75.2 Å². The van der Waals surface area contributed by atoms with E-state index in [1.807, 2.05) is 0 Å². The lowest BCUT2D eigenvalue weighted by Gasteiger charge is -2.32. The Labute approximate surface area is 189 Å². The zero-order valence-electron chi connectivity index (χ0n) is 19.3. The molecule has 0 aromatic carbocycles. The first-order valence-corrected chi connectivity index (χ1v) is 12.7. The summed E-state index contributed by atoms with van der Waals surface area (Å²) in [6.07, 6.45) is 7.87. The van der Waals surface area contributed by atoms with Crippen molar-refractivity contribution in [2.24, 2.45) is 17.8 Å². The number of piperidine rings is 1. The Morgan fingerprint density at radius 3 is 2.50 bits per heavy atom. The number of amides is 1. The molecule has 7 heteroatoms. The maximum absolute atomic E-state index is 13.2. The third-order valence-electron chi connectivity index (χ3n) is 8.73. The first-order valence-electron chi connectivity index (χ1n) is 12.7. The van der Waals surface area contributed by atoms with E-state index in [0.29, 0.717) is 42.2 Å². The fraction of sp³-hybridized carbons (Fsp3) is 0.720. The van der Waals surface area contributed by atoms with Gasteiger partial charge in [0.2, 0.25) is 5.91 Å². The molecule has 172 valence electrons. The summed E-state index contributed by atoms with van der Waals surface area (Å²) in [5.41, 5.74) is 3.67. The summed E-state index contributed by atoms with van der Waals surface area (Å²) >= 11 is 0.